The maximum atomic E-state index is 12.3. The lowest BCUT2D eigenvalue weighted by molar-refractivity contribution is -0.384. The number of hydrogen-bond acceptors (Lipinski definition) is 4. The van der Waals surface area contributed by atoms with E-state index in [2.05, 4.69) is 13.8 Å². The van der Waals surface area contributed by atoms with Crippen LogP contribution in [0.25, 0.3) is 11.3 Å². The highest BCUT2D eigenvalue weighted by Gasteiger charge is 2.11. The predicted molar refractivity (Wildman–Crippen MR) is 86.7 cm³/mol. The molecule has 0 aliphatic heterocycles. The number of nitrogen functional groups attached to an aromatic ring is 1. The van der Waals surface area contributed by atoms with E-state index in [1.54, 1.807) is 28.8 Å². The van der Waals surface area contributed by atoms with E-state index >= 15 is 0 Å². The summed E-state index contributed by atoms with van der Waals surface area (Å²) in [4.78, 5) is 22.6. The Morgan fingerprint density at radius 2 is 1.82 bits per heavy atom. The zero-order chi connectivity index (χ0) is 16.3. The smallest absolute Gasteiger partial charge is 0.274 e. The third-order valence-corrected chi connectivity index (χ3v) is 3.51. The van der Waals surface area contributed by atoms with Crippen molar-refractivity contribution in [3.05, 3.63) is 56.9 Å². The maximum absolute atomic E-state index is 12.3. The van der Waals surface area contributed by atoms with Crippen molar-refractivity contribution in [2.24, 2.45) is 5.92 Å². The molecule has 1 heterocycles. The van der Waals surface area contributed by atoms with Crippen LogP contribution in [0.4, 0.5) is 11.4 Å². The molecule has 0 spiro atoms. The normalized spacial score (nSPS) is 10.9. The summed E-state index contributed by atoms with van der Waals surface area (Å²) in [5.74, 6) is 0.457. The highest BCUT2D eigenvalue weighted by Crippen LogP contribution is 2.22. The van der Waals surface area contributed by atoms with Crippen molar-refractivity contribution in [2.75, 3.05) is 5.73 Å². The zero-order valence-electron chi connectivity index (χ0n) is 12.7. The topological polar surface area (TPSA) is 91.2 Å². The van der Waals surface area contributed by atoms with Crippen LogP contribution in [-0.4, -0.2) is 9.49 Å². The Balaban J connectivity index is 2.47. The van der Waals surface area contributed by atoms with Crippen molar-refractivity contribution in [2.45, 2.75) is 26.8 Å². The summed E-state index contributed by atoms with van der Waals surface area (Å²) in [6, 6.07) is 9.51. The largest absolute Gasteiger partial charge is 0.394 e. The van der Waals surface area contributed by atoms with Gasteiger partial charge in [0.25, 0.3) is 11.2 Å². The second kappa shape index (κ2) is 6.43. The van der Waals surface area contributed by atoms with Crippen molar-refractivity contribution in [1.29, 1.82) is 0 Å². The van der Waals surface area contributed by atoms with Crippen molar-refractivity contribution in [3.8, 4) is 11.3 Å². The molecule has 2 aromatic rings. The number of nitro benzene ring substituents is 1. The number of nitro groups is 1. The number of nitrogens with two attached hydrogens (primary N) is 1. The average Bonchev–Trinajstić information content (AvgIpc) is 2.48. The Labute approximate surface area is 128 Å². The predicted octanol–water partition coefficient (Wildman–Crippen LogP) is 3.05. The number of pyridine rings is 1. The first-order valence-electron chi connectivity index (χ1n) is 7.14. The average molecular weight is 301 g/mol. The van der Waals surface area contributed by atoms with Crippen LogP contribution in [0.1, 0.15) is 20.3 Å². The molecule has 0 fully saturated rings. The third kappa shape index (κ3) is 3.33. The molecule has 0 atom stereocenters. The number of benzene rings is 1. The molecule has 6 nitrogen and oxygen atoms in total. The van der Waals surface area contributed by atoms with Gasteiger partial charge in [-0.05, 0) is 42.2 Å². The van der Waals surface area contributed by atoms with Gasteiger partial charge in [-0.25, -0.2) is 0 Å². The lowest BCUT2D eigenvalue weighted by Crippen LogP contribution is -2.24. The fraction of sp³-hybridized carbons (Fsp3) is 0.312. The van der Waals surface area contributed by atoms with Gasteiger partial charge >= 0.3 is 0 Å². The Morgan fingerprint density at radius 1 is 1.18 bits per heavy atom. The van der Waals surface area contributed by atoms with Crippen molar-refractivity contribution >= 4 is 11.4 Å². The van der Waals surface area contributed by atoms with Crippen LogP contribution in [0, 0.1) is 16.0 Å². The van der Waals surface area contributed by atoms with Gasteiger partial charge in [0.2, 0.25) is 0 Å². The summed E-state index contributed by atoms with van der Waals surface area (Å²) in [7, 11) is 0. The van der Waals surface area contributed by atoms with Crippen LogP contribution in [0.3, 0.4) is 0 Å². The molecule has 0 bridgehead atoms. The van der Waals surface area contributed by atoms with Crippen LogP contribution in [0.15, 0.2) is 41.2 Å². The third-order valence-electron chi connectivity index (χ3n) is 3.51. The van der Waals surface area contributed by atoms with Gasteiger partial charge in [-0.15, -0.1) is 0 Å². The van der Waals surface area contributed by atoms with E-state index in [-0.39, 0.29) is 16.9 Å². The highest BCUT2D eigenvalue weighted by atomic mass is 16.6. The minimum atomic E-state index is -0.446. The first kappa shape index (κ1) is 15.8. The van der Waals surface area contributed by atoms with Crippen LogP contribution in [-0.2, 0) is 6.54 Å². The minimum absolute atomic E-state index is 0.0234. The number of nitrogens with zero attached hydrogens (tertiary/aromatic N) is 2. The molecule has 0 aliphatic rings. The van der Waals surface area contributed by atoms with E-state index in [1.807, 2.05) is 0 Å². The van der Waals surface area contributed by atoms with E-state index in [0.717, 1.165) is 17.7 Å². The van der Waals surface area contributed by atoms with Gasteiger partial charge < -0.3 is 10.3 Å². The lowest BCUT2D eigenvalue weighted by Gasteiger charge is -2.15. The van der Waals surface area contributed by atoms with E-state index in [4.69, 9.17) is 5.73 Å². The van der Waals surface area contributed by atoms with Crippen molar-refractivity contribution < 1.29 is 4.92 Å². The fourth-order valence-corrected chi connectivity index (χ4v) is 2.21. The molecule has 0 amide bonds. The Hall–Kier alpha value is -2.63. The number of rotatable bonds is 5. The van der Waals surface area contributed by atoms with E-state index in [0.29, 0.717) is 12.5 Å². The summed E-state index contributed by atoms with van der Waals surface area (Å²) in [6.07, 6.45) is 0.851. The molecule has 2 rings (SSSR count). The summed E-state index contributed by atoms with van der Waals surface area (Å²) in [5, 5.41) is 10.7. The Morgan fingerprint density at radius 3 is 2.36 bits per heavy atom. The van der Waals surface area contributed by atoms with Crippen molar-refractivity contribution in [3.63, 3.8) is 0 Å². The second-order valence-electron chi connectivity index (χ2n) is 5.62. The molecule has 116 valence electrons. The van der Waals surface area contributed by atoms with Gasteiger partial charge in [-0.1, -0.05) is 13.8 Å². The number of hydrogen-bond donors (Lipinski definition) is 1. The molecule has 2 N–H and O–H groups in total. The van der Waals surface area contributed by atoms with Gasteiger partial charge in [0, 0.05) is 18.7 Å². The molecule has 0 unspecified atom stereocenters. The monoisotopic (exact) mass is 301 g/mol. The summed E-state index contributed by atoms with van der Waals surface area (Å²) >= 11 is 0. The molecule has 0 aliphatic carbocycles. The quantitative estimate of drug-likeness (QED) is 0.678. The first-order chi connectivity index (χ1) is 10.4. The van der Waals surface area contributed by atoms with Gasteiger partial charge in [0.15, 0.2) is 0 Å². The standard InChI is InChI=1S/C16H19N3O3/c1-11(2)9-10-18-15(8-7-14(17)16(18)20)12-3-5-13(6-4-12)19(21)22/h3-8,11H,9-10,17H2,1-2H3. The SMILES string of the molecule is CC(C)CCn1c(-c2ccc([N+](=O)[O-])cc2)ccc(N)c1=O. The fourth-order valence-electron chi connectivity index (χ4n) is 2.21. The van der Waals surface area contributed by atoms with Gasteiger partial charge in [0.05, 0.1) is 16.3 Å². The highest BCUT2D eigenvalue weighted by molar-refractivity contribution is 5.63. The lowest BCUT2D eigenvalue weighted by atomic mass is 10.1. The van der Waals surface area contributed by atoms with Gasteiger partial charge in [0.1, 0.15) is 0 Å². The van der Waals surface area contributed by atoms with E-state index in [1.165, 1.54) is 12.1 Å². The number of anilines is 1. The summed E-state index contributed by atoms with van der Waals surface area (Å²) < 4.78 is 1.64. The molecule has 6 heteroatoms. The second-order valence-corrected chi connectivity index (χ2v) is 5.62. The maximum Gasteiger partial charge on any atom is 0.274 e. The molecule has 1 aromatic carbocycles. The zero-order valence-corrected chi connectivity index (χ0v) is 12.7. The Kier molecular flexibility index (Phi) is 4.60. The molecule has 22 heavy (non-hydrogen) atoms. The molecule has 0 saturated heterocycles. The van der Waals surface area contributed by atoms with Crippen LogP contribution >= 0.6 is 0 Å². The molecule has 0 radical (unpaired) electrons. The van der Waals surface area contributed by atoms with E-state index in [9.17, 15) is 14.9 Å². The number of non-ortho nitro benzene ring substituents is 1. The molecule has 0 saturated carbocycles. The number of aromatic nitrogens is 1. The van der Waals surface area contributed by atoms with Gasteiger partial charge in [-0.2, -0.15) is 0 Å². The van der Waals surface area contributed by atoms with Crippen molar-refractivity contribution in [1.82, 2.24) is 4.57 Å². The minimum Gasteiger partial charge on any atom is -0.394 e. The summed E-state index contributed by atoms with van der Waals surface area (Å²) in [5.41, 5.74) is 7.19. The molecular formula is C16H19N3O3. The van der Waals surface area contributed by atoms with Crippen LogP contribution in [0.5, 0.6) is 0 Å². The first-order valence-corrected chi connectivity index (χ1v) is 7.14. The van der Waals surface area contributed by atoms with Crippen LogP contribution < -0.4 is 11.3 Å². The summed E-state index contributed by atoms with van der Waals surface area (Å²) in [6.45, 7) is 4.74. The van der Waals surface area contributed by atoms with Crippen LogP contribution in [0.2, 0.25) is 0 Å². The van der Waals surface area contributed by atoms with E-state index < -0.39 is 4.92 Å². The molecule has 1 aromatic heterocycles. The Bertz CT molecular complexity index is 733. The molecular weight excluding hydrogens is 282 g/mol. The van der Waals surface area contributed by atoms with Gasteiger partial charge in [-0.3, -0.25) is 14.9 Å².